The van der Waals surface area contributed by atoms with E-state index in [2.05, 4.69) is 34.9 Å². The van der Waals surface area contributed by atoms with Crippen molar-refractivity contribution in [3.05, 3.63) is 87.3 Å². The molecule has 0 aliphatic heterocycles. The lowest BCUT2D eigenvalue weighted by atomic mass is 9.95. The molecule has 2 aromatic rings. The van der Waals surface area contributed by atoms with Crippen LogP contribution in [0, 0.1) is 9.49 Å². The average Bonchev–Trinajstić information content (AvgIpc) is 2.77. The Balaban J connectivity index is 2.36. The van der Waals surface area contributed by atoms with Crippen LogP contribution in [0.2, 0.25) is 0 Å². The Morgan fingerprint density at radius 1 is 1.03 bits per heavy atom. The van der Waals surface area contributed by atoms with E-state index in [-0.39, 0.29) is 18.9 Å². The van der Waals surface area contributed by atoms with Gasteiger partial charge in [0, 0.05) is 9.77 Å². The normalized spacial score (nSPS) is 10.1. The van der Waals surface area contributed by atoms with E-state index in [0.29, 0.717) is 5.56 Å². The van der Waals surface area contributed by atoms with Crippen LogP contribution in [0.1, 0.15) is 21.5 Å². The second-order valence-corrected chi connectivity index (χ2v) is 7.48. The predicted octanol–water partition coefficient (Wildman–Crippen LogP) is 3.74. The van der Waals surface area contributed by atoms with Crippen molar-refractivity contribution in [3.63, 3.8) is 0 Å². The molecule has 1 amide bonds. The number of amides is 1. The van der Waals surface area contributed by atoms with E-state index in [1.807, 2.05) is 24.3 Å². The average molecular weight is 519 g/mol. The van der Waals surface area contributed by atoms with E-state index in [1.165, 1.54) is 25.3 Å². The number of benzene rings is 2. The zero-order valence-electron chi connectivity index (χ0n) is 16.8. The summed E-state index contributed by atoms with van der Waals surface area (Å²) >= 11 is 2.11. The summed E-state index contributed by atoms with van der Waals surface area (Å²) in [4.78, 5) is 38.7. The maximum atomic E-state index is 13.1. The van der Waals surface area contributed by atoms with Gasteiger partial charge in [-0.2, -0.15) is 0 Å². The number of hydrogen-bond acceptors (Lipinski definition) is 5. The predicted molar refractivity (Wildman–Crippen MR) is 120 cm³/mol. The van der Waals surface area contributed by atoms with Gasteiger partial charge in [0.2, 0.25) is 0 Å². The molecule has 0 bridgehead atoms. The molecule has 0 radical (unpaired) electrons. The Morgan fingerprint density at radius 3 is 2.17 bits per heavy atom. The van der Waals surface area contributed by atoms with Crippen molar-refractivity contribution in [3.8, 4) is 0 Å². The number of nitrogens with zero attached hydrogens (tertiary/aromatic N) is 1. The molecule has 0 aliphatic rings. The van der Waals surface area contributed by atoms with Gasteiger partial charge in [-0.05, 0) is 52.3 Å². The summed E-state index contributed by atoms with van der Waals surface area (Å²) < 4.78 is 10.3. The zero-order valence-corrected chi connectivity index (χ0v) is 18.9. The molecule has 0 aromatic heterocycles. The number of methoxy groups -OCH3 is 2. The molecular weight excluding hydrogens is 497 g/mol. The highest BCUT2D eigenvalue weighted by Gasteiger charge is 2.30. The lowest BCUT2D eigenvalue weighted by molar-refractivity contribution is -0.158. The lowest BCUT2D eigenvalue weighted by Gasteiger charge is -2.21. The van der Waals surface area contributed by atoms with E-state index in [0.717, 1.165) is 14.7 Å². The van der Waals surface area contributed by atoms with E-state index < -0.39 is 17.9 Å². The minimum Gasteiger partial charge on any atom is -0.468 e. The summed E-state index contributed by atoms with van der Waals surface area (Å²) in [6, 6.07) is 14.6. The quantitative estimate of drug-likeness (QED) is 0.230. The number of carbonyl (C=O) groups excluding carboxylic acids is 3. The molecule has 156 valence electrons. The van der Waals surface area contributed by atoms with Crippen molar-refractivity contribution in [2.24, 2.45) is 5.92 Å². The molecule has 6 nitrogen and oxygen atoms in total. The second-order valence-electron chi connectivity index (χ2n) is 6.32. The van der Waals surface area contributed by atoms with Crippen LogP contribution in [0.3, 0.4) is 0 Å². The maximum Gasteiger partial charge on any atom is 0.320 e. The fourth-order valence-electron chi connectivity index (χ4n) is 2.94. The van der Waals surface area contributed by atoms with E-state index in [4.69, 9.17) is 9.47 Å². The standard InChI is InChI=1S/C23H22INO5/c1-4-13-25(21(26)18-11-7-8-12-20(18)24)15-17-10-6-5-9-16(17)14-19(22(27)29-2)23(28)30-3/h5-13,19H,1,14-15H2,2-3H3. The van der Waals surface area contributed by atoms with Gasteiger partial charge < -0.3 is 14.4 Å². The molecule has 0 saturated carbocycles. The van der Waals surface area contributed by atoms with Crippen LogP contribution in [0.4, 0.5) is 0 Å². The van der Waals surface area contributed by atoms with Gasteiger partial charge in [-0.3, -0.25) is 14.4 Å². The third kappa shape index (κ3) is 5.81. The van der Waals surface area contributed by atoms with Crippen molar-refractivity contribution in [1.29, 1.82) is 0 Å². The first-order chi connectivity index (χ1) is 14.4. The van der Waals surface area contributed by atoms with Crippen LogP contribution in [0.5, 0.6) is 0 Å². The van der Waals surface area contributed by atoms with Crippen LogP contribution in [-0.4, -0.2) is 37.0 Å². The number of ether oxygens (including phenoxy) is 2. The minimum absolute atomic E-state index is 0.0955. The summed E-state index contributed by atoms with van der Waals surface area (Å²) in [5, 5.41) is 0. The summed E-state index contributed by atoms with van der Waals surface area (Å²) in [6.07, 6.45) is 1.58. The third-order valence-electron chi connectivity index (χ3n) is 4.47. The number of carbonyl (C=O) groups is 3. The summed E-state index contributed by atoms with van der Waals surface area (Å²) in [5.74, 6) is -2.64. The third-order valence-corrected chi connectivity index (χ3v) is 5.41. The van der Waals surface area contributed by atoms with Crippen LogP contribution in [0.15, 0.2) is 67.0 Å². The van der Waals surface area contributed by atoms with Gasteiger partial charge in [0.25, 0.3) is 5.91 Å². The molecule has 2 aromatic carbocycles. The summed E-state index contributed by atoms with van der Waals surface area (Å²) in [6.45, 7) is 3.80. The molecule has 7 heteroatoms. The molecule has 0 N–H and O–H groups in total. The molecule has 0 fully saturated rings. The van der Waals surface area contributed by atoms with Gasteiger partial charge in [-0.15, -0.1) is 5.73 Å². The largest absolute Gasteiger partial charge is 0.468 e. The summed E-state index contributed by atoms with van der Waals surface area (Å²) in [7, 11) is 2.45. The van der Waals surface area contributed by atoms with Crippen molar-refractivity contribution >= 4 is 40.4 Å². The van der Waals surface area contributed by atoms with Crippen molar-refractivity contribution in [1.82, 2.24) is 4.90 Å². The number of rotatable bonds is 8. The van der Waals surface area contributed by atoms with Crippen molar-refractivity contribution in [2.45, 2.75) is 13.0 Å². The Kier molecular flexibility index (Phi) is 8.83. The highest BCUT2D eigenvalue weighted by atomic mass is 127. The van der Waals surface area contributed by atoms with Crippen LogP contribution >= 0.6 is 22.6 Å². The van der Waals surface area contributed by atoms with E-state index >= 15 is 0 Å². The van der Waals surface area contributed by atoms with E-state index in [9.17, 15) is 14.4 Å². The number of halogens is 1. The highest BCUT2D eigenvalue weighted by Crippen LogP contribution is 2.21. The van der Waals surface area contributed by atoms with Crippen LogP contribution in [-0.2, 0) is 32.0 Å². The second kappa shape index (κ2) is 11.3. The van der Waals surface area contributed by atoms with Crippen molar-refractivity contribution in [2.75, 3.05) is 14.2 Å². The lowest BCUT2D eigenvalue weighted by Crippen LogP contribution is -2.30. The van der Waals surface area contributed by atoms with Gasteiger partial charge in [0.05, 0.1) is 26.3 Å². The Hall–Kier alpha value is -2.90. The van der Waals surface area contributed by atoms with Crippen LogP contribution in [0.25, 0.3) is 0 Å². The van der Waals surface area contributed by atoms with Gasteiger partial charge in [0.1, 0.15) is 0 Å². The number of hydrogen-bond donors (Lipinski definition) is 0. The highest BCUT2D eigenvalue weighted by molar-refractivity contribution is 14.1. The van der Waals surface area contributed by atoms with Gasteiger partial charge >= 0.3 is 11.9 Å². The zero-order chi connectivity index (χ0) is 22.1. The maximum absolute atomic E-state index is 13.1. The Labute approximate surface area is 189 Å². The molecule has 0 saturated heterocycles. The Bertz CT molecular complexity index is 965. The first-order valence-corrected chi connectivity index (χ1v) is 10.1. The minimum atomic E-state index is -1.09. The fourth-order valence-corrected chi connectivity index (χ4v) is 3.56. The molecular formula is C23H22INO5. The fraction of sp³-hybridized carbons (Fsp3) is 0.217. The van der Waals surface area contributed by atoms with Crippen LogP contribution < -0.4 is 0 Å². The molecule has 0 atom stereocenters. The van der Waals surface area contributed by atoms with Gasteiger partial charge in [-0.1, -0.05) is 43.0 Å². The monoisotopic (exact) mass is 519 g/mol. The van der Waals surface area contributed by atoms with Gasteiger partial charge in [0.15, 0.2) is 5.92 Å². The molecule has 0 spiro atoms. The topological polar surface area (TPSA) is 72.9 Å². The van der Waals surface area contributed by atoms with Gasteiger partial charge in [-0.25, -0.2) is 0 Å². The SMILES string of the molecule is C=C=CN(Cc1ccccc1CC(C(=O)OC)C(=O)OC)C(=O)c1ccccc1I. The molecule has 0 heterocycles. The van der Waals surface area contributed by atoms with Crippen molar-refractivity contribution < 1.29 is 23.9 Å². The molecule has 2 rings (SSSR count). The Morgan fingerprint density at radius 2 is 1.60 bits per heavy atom. The molecule has 0 unspecified atom stereocenters. The summed E-state index contributed by atoms with van der Waals surface area (Å²) in [5.41, 5.74) is 4.72. The first-order valence-electron chi connectivity index (χ1n) is 9.06. The smallest absolute Gasteiger partial charge is 0.320 e. The molecule has 30 heavy (non-hydrogen) atoms. The first kappa shape index (κ1) is 23.4. The van der Waals surface area contributed by atoms with E-state index in [1.54, 1.807) is 24.3 Å². The number of esters is 2. The molecule has 0 aliphatic carbocycles.